The number of carbonyl (C=O) groups is 2. The Labute approximate surface area is 199 Å². The monoisotopic (exact) mass is 456 g/mol. The fourth-order valence-corrected chi connectivity index (χ4v) is 3.17. The van der Waals surface area contributed by atoms with Gasteiger partial charge in [-0.15, -0.1) is 13.2 Å². The van der Waals surface area contributed by atoms with E-state index in [1.165, 1.54) is 0 Å². The van der Waals surface area contributed by atoms with Gasteiger partial charge in [-0.1, -0.05) is 24.3 Å². The van der Waals surface area contributed by atoms with Crippen molar-refractivity contribution in [2.45, 2.75) is 52.4 Å². The molecule has 0 aromatic heterocycles. The van der Waals surface area contributed by atoms with Crippen LogP contribution in [-0.2, 0) is 14.3 Å². The van der Waals surface area contributed by atoms with Crippen LogP contribution in [0.1, 0.15) is 62.7 Å². The second kappa shape index (κ2) is 17.7. The first-order chi connectivity index (χ1) is 16.1. The minimum absolute atomic E-state index is 0.0485. The number of hydrogen-bond acceptors (Lipinski definition) is 5. The van der Waals surface area contributed by atoms with E-state index < -0.39 is 5.97 Å². The van der Waals surface area contributed by atoms with Crippen molar-refractivity contribution in [3.8, 4) is 0 Å². The number of anilines is 2. The van der Waals surface area contributed by atoms with Gasteiger partial charge in [0.25, 0.3) is 5.91 Å². The van der Waals surface area contributed by atoms with Crippen LogP contribution >= 0.6 is 0 Å². The lowest BCUT2D eigenvalue weighted by atomic mass is 10.1. The van der Waals surface area contributed by atoms with Gasteiger partial charge < -0.3 is 19.7 Å². The number of nitrogens with zero attached hydrogens (tertiary/aromatic N) is 1. The third kappa shape index (κ3) is 11.0. The summed E-state index contributed by atoms with van der Waals surface area (Å²) < 4.78 is 10.9. The summed E-state index contributed by atoms with van der Waals surface area (Å²) in [5.74, 6) is -0.654. The summed E-state index contributed by atoms with van der Waals surface area (Å²) in [5, 5.41) is 3.38. The molecule has 0 radical (unpaired) electrons. The molecule has 0 atom stereocenters. The van der Waals surface area contributed by atoms with Crippen LogP contribution in [0.3, 0.4) is 0 Å². The summed E-state index contributed by atoms with van der Waals surface area (Å²) in [7, 11) is 0. The molecule has 1 aromatic rings. The van der Waals surface area contributed by atoms with Gasteiger partial charge in [-0.2, -0.15) is 0 Å². The summed E-state index contributed by atoms with van der Waals surface area (Å²) >= 11 is 0. The van der Waals surface area contributed by atoms with Crippen molar-refractivity contribution in [2.75, 3.05) is 43.1 Å². The quantitative estimate of drug-likeness (QED) is 0.169. The Balaban J connectivity index is 3.05. The van der Waals surface area contributed by atoms with Crippen molar-refractivity contribution in [1.29, 1.82) is 0 Å². The summed E-state index contributed by atoms with van der Waals surface area (Å²) in [6.45, 7) is 13.0. The number of benzene rings is 1. The van der Waals surface area contributed by atoms with Crippen molar-refractivity contribution < 1.29 is 19.1 Å². The number of rotatable bonds is 18. The molecular formula is C27H40N2O4. The molecule has 0 unspecified atom stereocenters. The number of amides is 1. The highest BCUT2D eigenvalue weighted by atomic mass is 16.5. The van der Waals surface area contributed by atoms with Crippen molar-refractivity contribution in [3.63, 3.8) is 0 Å². The molecular weight excluding hydrogens is 416 g/mol. The average molecular weight is 457 g/mol. The Bertz CT molecular complexity index is 773. The number of allylic oxidation sites excluding steroid dienone is 3. The normalized spacial score (nSPS) is 10.7. The molecule has 1 rings (SSSR count). The molecule has 0 fully saturated rings. The molecule has 0 heterocycles. The molecule has 0 bridgehead atoms. The number of nitrogens with one attached hydrogen (secondary N) is 1. The fourth-order valence-electron chi connectivity index (χ4n) is 3.17. The predicted octanol–water partition coefficient (Wildman–Crippen LogP) is 5.91. The third-order valence-electron chi connectivity index (χ3n) is 4.95. The van der Waals surface area contributed by atoms with E-state index in [0.717, 1.165) is 50.8 Å². The van der Waals surface area contributed by atoms with Gasteiger partial charge in [0.1, 0.15) is 6.61 Å². The van der Waals surface area contributed by atoms with Crippen molar-refractivity contribution in [3.05, 3.63) is 61.2 Å². The molecule has 0 saturated carbocycles. The lowest BCUT2D eigenvalue weighted by molar-refractivity contribution is -0.123. The zero-order valence-corrected chi connectivity index (χ0v) is 20.3. The van der Waals surface area contributed by atoms with Gasteiger partial charge in [0, 0.05) is 25.4 Å². The van der Waals surface area contributed by atoms with Crippen molar-refractivity contribution in [2.24, 2.45) is 0 Å². The molecule has 33 heavy (non-hydrogen) atoms. The lowest BCUT2D eigenvalue weighted by Gasteiger charge is -2.24. The average Bonchev–Trinajstić information content (AvgIpc) is 2.81. The first-order valence-electron chi connectivity index (χ1n) is 11.8. The highest BCUT2D eigenvalue weighted by Gasteiger charge is 2.22. The van der Waals surface area contributed by atoms with Crippen LogP contribution in [0, 0.1) is 0 Å². The highest BCUT2D eigenvalue weighted by molar-refractivity contribution is 6.03. The van der Waals surface area contributed by atoms with Crippen LogP contribution in [-0.4, -0.2) is 44.8 Å². The number of carbonyl (C=O) groups excluding carboxylic acids is 2. The Morgan fingerprint density at radius 2 is 1.82 bits per heavy atom. The number of unbranched alkanes of at least 4 members (excludes halogenated alkanes) is 4. The highest BCUT2D eigenvalue weighted by Crippen LogP contribution is 2.27. The molecule has 6 heteroatoms. The molecule has 182 valence electrons. The third-order valence-corrected chi connectivity index (χ3v) is 4.95. The molecule has 1 amide bonds. The van der Waals surface area contributed by atoms with E-state index in [0.29, 0.717) is 24.4 Å². The molecule has 1 aromatic carbocycles. The summed E-state index contributed by atoms with van der Waals surface area (Å²) in [6.07, 6.45) is 13.4. The van der Waals surface area contributed by atoms with Gasteiger partial charge >= 0.3 is 5.97 Å². The van der Waals surface area contributed by atoms with Crippen LogP contribution in [0.15, 0.2) is 55.7 Å². The maximum atomic E-state index is 13.1. The van der Waals surface area contributed by atoms with E-state index >= 15 is 0 Å². The molecule has 1 N–H and O–H groups in total. The van der Waals surface area contributed by atoms with Crippen LogP contribution in [0.5, 0.6) is 0 Å². The molecule has 0 aliphatic carbocycles. The molecule has 0 aliphatic rings. The van der Waals surface area contributed by atoms with Crippen molar-refractivity contribution in [1.82, 2.24) is 0 Å². The van der Waals surface area contributed by atoms with Gasteiger partial charge in [0.2, 0.25) is 0 Å². The summed E-state index contributed by atoms with van der Waals surface area (Å²) in [5.41, 5.74) is 1.72. The van der Waals surface area contributed by atoms with E-state index in [2.05, 4.69) is 18.5 Å². The van der Waals surface area contributed by atoms with Crippen LogP contribution in [0.2, 0.25) is 0 Å². The Morgan fingerprint density at radius 3 is 2.48 bits per heavy atom. The largest absolute Gasteiger partial charge is 0.462 e. The van der Waals surface area contributed by atoms with Crippen LogP contribution in [0.4, 0.5) is 11.4 Å². The van der Waals surface area contributed by atoms with E-state index in [9.17, 15) is 9.59 Å². The zero-order valence-electron chi connectivity index (χ0n) is 20.3. The lowest BCUT2D eigenvalue weighted by Crippen LogP contribution is -2.35. The zero-order chi connectivity index (χ0) is 24.3. The van der Waals surface area contributed by atoms with Gasteiger partial charge in [-0.25, -0.2) is 4.79 Å². The van der Waals surface area contributed by atoms with E-state index in [4.69, 9.17) is 9.47 Å². The number of esters is 1. The first-order valence-corrected chi connectivity index (χ1v) is 11.8. The molecule has 0 spiro atoms. The molecule has 6 nitrogen and oxygen atoms in total. The SMILES string of the molecule is C=CCCCCNc1ccc(C(=O)OCC)c(N(CC=CC)C(=O)COCCCCC=C)c1. The number of hydrogen-bond donors (Lipinski definition) is 1. The second-order valence-corrected chi connectivity index (χ2v) is 7.57. The fraction of sp³-hybridized carbons (Fsp3) is 0.481. The minimum Gasteiger partial charge on any atom is -0.462 e. The van der Waals surface area contributed by atoms with Gasteiger partial charge in [-0.3, -0.25) is 4.79 Å². The second-order valence-electron chi connectivity index (χ2n) is 7.57. The Hall–Kier alpha value is -2.86. The Kier molecular flexibility index (Phi) is 15.1. The first kappa shape index (κ1) is 28.2. The van der Waals surface area contributed by atoms with Crippen LogP contribution in [0.25, 0.3) is 0 Å². The van der Waals surface area contributed by atoms with Gasteiger partial charge in [0.15, 0.2) is 0 Å². The smallest absolute Gasteiger partial charge is 0.340 e. The maximum absolute atomic E-state index is 13.1. The number of ether oxygens (including phenoxy) is 2. The predicted molar refractivity (Wildman–Crippen MR) is 137 cm³/mol. The van der Waals surface area contributed by atoms with Crippen LogP contribution < -0.4 is 10.2 Å². The standard InChI is InChI=1S/C27H40N2O4/c1-5-9-12-14-18-28-23-16-17-24(27(31)33-8-4)25(21-23)29(19-11-7-3)26(30)22-32-20-15-13-10-6-2/h5-7,11,16-17,21,28H,1-2,8-10,12-15,18-20,22H2,3-4H3. The van der Waals surface area contributed by atoms with Gasteiger partial charge in [0.05, 0.1) is 17.9 Å². The van der Waals surface area contributed by atoms with E-state index in [1.54, 1.807) is 17.9 Å². The topological polar surface area (TPSA) is 67.9 Å². The molecule has 0 saturated heterocycles. The minimum atomic E-state index is -0.450. The maximum Gasteiger partial charge on any atom is 0.340 e. The van der Waals surface area contributed by atoms with E-state index in [-0.39, 0.29) is 19.1 Å². The van der Waals surface area contributed by atoms with E-state index in [1.807, 2.05) is 43.4 Å². The summed E-state index contributed by atoms with van der Waals surface area (Å²) in [4.78, 5) is 27.3. The van der Waals surface area contributed by atoms with Gasteiger partial charge in [-0.05, 0) is 70.6 Å². The molecule has 0 aliphatic heterocycles. The van der Waals surface area contributed by atoms with Crippen molar-refractivity contribution >= 4 is 23.3 Å². The Morgan fingerprint density at radius 1 is 1.09 bits per heavy atom. The summed E-state index contributed by atoms with van der Waals surface area (Å²) in [6, 6.07) is 5.40.